The van der Waals surface area contributed by atoms with E-state index < -0.39 is 0 Å². The van der Waals surface area contributed by atoms with Crippen LogP contribution in [0.25, 0.3) is 0 Å². The van der Waals surface area contributed by atoms with Gasteiger partial charge in [-0.25, -0.2) is 4.98 Å². The maximum atomic E-state index is 5.93. The van der Waals surface area contributed by atoms with Crippen LogP contribution in [0.1, 0.15) is 18.7 Å². The van der Waals surface area contributed by atoms with Crippen molar-refractivity contribution in [2.75, 3.05) is 13.1 Å². The van der Waals surface area contributed by atoms with E-state index in [4.69, 9.17) is 17.3 Å². The highest BCUT2D eigenvalue weighted by molar-refractivity contribution is 6.29. The fourth-order valence-corrected chi connectivity index (χ4v) is 2.03. The normalized spacial score (nSPS) is 19.7. The van der Waals surface area contributed by atoms with Gasteiger partial charge in [-0.15, -0.1) is 0 Å². The standard InChI is InChI=1S/C10H17ClN4/c1-14-9(11)6-13-10(14)7-15-4-2-8(12)3-5-15/h6,8H,2-5,7,12H2,1H3. The molecule has 4 nitrogen and oxygen atoms in total. The number of imidazole rings is 1. The van der Waals surface area contributed by atoms with Crippen LogP contribution in [0.3, 0.4) is 0 Å². The summed E-state index contributed by atoms with van der Waals surface area (Å²) in [5.41, 5.74) is 5.86. The second-order valence-corrected chi connectivity index (χ2v) is 4.56. The highest BCUT2D eigenvalue weighted by atomic mass is 35.5. The summed E-state index contributed by atoms with van der Waals surface area (Å²) in [6, 6.07) is 0.381. The van der Waals surface area contributed by atoms with Crippen LogP contribution in [0.2, 0.25) is 5.15 Å². The summed E-state index contributed by atoms with van der Waals surface area (Å²) in [7, 11) is 1.94. The number of hydrogen-bond donors (Lipinski definition) is 1. The zero-order valence-electron chi connectivity index (χ0n) is 8.99. The molecule has 0 unspecified atom stereocenters. The van der Waals surface area contributed by atoms with Crippen LogP contribution < -0.4 is 5.73 Å². The fraction of sp³-hybridized carbons (Fsp3) is 0.700. The lowest BCUT2D eigenvalue weighted by Crippen LogP contribution is -2.39. The van der Waals surface area contributed by atoms with E-state index in [9.17, 15) is 0 Å². The Labute approximate surface area is 95.0 Å². The van der Waals surface area contributed by atoms with Crippen LogP contribution in [0.4, 0.5) is 0 Å². The first-order chi connectivity index (χ1) is 7.16. The average molecular weight is 229 g/mol. The van der Waals surface area contributed by atoms with Gasteiger partial charge in [0.25, 0.3) is 0 Å². The minimum absolute atomic E-state index is 0.381. The van der Waals surface area contributed by atoms with Crippen molar-refractivity contribution in [3.63, 3.8) is 0 Å². The Bertz CT molecular complexity index is 328. The van der Waals surface area contributed by atoms with Crippen molar-refractivity contribution in [2.24, 2.45) is 12.8 Å². The number of rotatable bonds is 2. The van der Waals surface area contributed by atoms with Gasteiger partial charge in [-0.05, 0) is 12.8 Å². The second-order valence-electron chi connectivity index (χ2n) is 4.17. The van der Waals surface area contributed by atoms with Crippen molar-refractivity contribution >= 4 is 11.6 Å². The number of likely N-dealkylation sites (tertiary alicyclic amines) is 1. The van der Waals surface area contributed by atoms with Crippen molar-refractivity contribution in [1.29, 1.82) is 0 Å². The first kappa shape index (κ1) is 10.9. The van der Waals surface area contributed by atoms with E-state index >= 15 is 0 Å². The summed E-state index contributed by atoms with van der Waals surface area (Å²) >= 11 is 5.93. The third kappa shape index (κ3) is 2.51. The Balaban J connectivity index is 1.94. The maximum absolute atomic E-state index is 5.93. The van der Waals surface area contributed by atoms with Crippen molar-refractivity contribution in [3.05, 3.63) is 17.2 Å². The van der Waals surface area contributed by atoms with Gasteiger partial charge in [0.15, 0.2) is 0 Å². The van der Waals surface area contributed by atoms with Crippen LogP contribution in [-0.2, 0) is 13.6 Å². The van der Waals surface area contributed by atoms with E-state index in [1.165, 1.54) is 0 Å². The van der Waals surface area contributed by atoms with Gasteiger partial charge in [0, 0.05) is 26.2 Å². The second kappa shape index (κ2) is 4.51. The fourth-order valence-electron chi connectivity index (χ4n) is 1.88. The molecule has 1 saturated heterocycles. The molecular formula is C10H17ClN4. The molecule has 2 N–H and O–H groups in total. The number of halogens is 1. The maximum Gasteiger partial charge on any atom is 0.128 e. The lowest BCUT2D eigenvalue weighted by atomic mass is 10.1. The van der Waals surface area contributed by atoms with Crippen LogP contribution in [-0.4, -0.2) is 33.6 Å². The zero-order valence-corrected chi connectivity index (χ0v) is 9.74. The smallest absolute Gasteiger partial charge is 0.128 e. The van der Waals surface area contributed by atoms with E-state index in [1.54, 1.807) is 6.20 Å². The van der Waals surface area contributed by atoms with Gasteiger partial charge >= 0.3 is 0 Å². The molecule has 1 aliphatic heterocycles. The molecule has 0 amide bonds. The van der Waals surface area contributed by atoms with Crippen molar-refractivity contribution in [3.8, 4) is 0 Å². The molecule has 1 fully saturated rings. The highest BCUT2D eigenvalue weighted by Crippen LogP contribution is 2.14. The summed E-state index contributed by atoms with van der Waals surface area (Å²) in [5.74, 6) is 1.02. The first-order valence-electron chi connectivity index (χ1n) is 5.31. The topological polar surface area (TPSA) is 47.1 Å². The van der Waals surface area contributed by atoms with Crippen LogP contribution in [0, 0.1) is 0 Å². The Morgan fingerprint density at radius 2 is 2.20 bits per heavy atom. The summed E-state index contributed by atoms with van der Waals surface area (Å²) in [6.45, 7) is 2.99. The molecule has 1 aromatic heterocycles. The molecule has 2 rings (SSSR count). The van der Waals surface area contributed by atoms with Crippen molar-refractivity contribution < 1.29 is 0 Å². The largest absolute Gasteiger partial charge is 0.328 e. The van der Waals surface area contributed by atoms with Gasteiger partial charge in [0.2, 0.25) is 0 Å². The Morgan fingerprint density at radius 1 is 1.53 bits per heavy atom. The molecule has 0 saturated carbocycles. The van der Waals surface area contributed by atoms with E-state index in [0.29, 0.717) is 11.2 Å². The summed E-state index contributed by atoms with van der Waals surface area (Å²) in [4.78, 5) is 6.66. The number of hydrogen-bond acceptors (Lipinski definition) is 3. The van der Waals surface area contributed by atoms with E-state index in [0.717, 1.165) is 38.3 Å². The SMILES string of the molecule is Cn1c(Cl)cnc1CN1CCC(N)CC1. The van der Waals surface area contributed by atoms with E-state index in [-0.39, 0.29) is 0 Å². The lowest BCUT2D eigenvalue weighted by Gasteiger charge is -2.29. The molecule has 1 aliphatic rings. The van der Waals surface area contributed by atoms with Gasteiger partial charge in [-0.1, -0.05) is 11.6 Å². The van der Waals surface area contributed by atoms with Crippen molar-refractivity contribution in [1.82, 2.24) is 14.5 Å². The molecular weight excluding hydrogens is 212 g/mol. The summed E-state index contributed by atoms with van der Waals surface area (Å²) in [5, 5.41) is 0.693. The quantitative estimate of drug-likeness (QED) is 0.822. The average Bonchev–Trinajstić information content (AvgIpc) is 2.53. The van der Waals surface area contributed by atoms with Gasteiger partial charge in [0.05, 0.1) is 12.7 Å². The summed E-state index contributed by atoms with van der Waals surface area (Å²) in [6.07, 6.45) is 3.86. The van der Waals surface area contributed by atoms with Gasteiger partial charge in [-0.3, -0.25) is 4.90 Å². The van der Waals surface area contributed by atoms with E-state index in [1.807, 2.05) is 11.6 Å². The predicted molar refractivity (Wildman–Crippen MR) is 60.7 cm³/mol. The minimum Gasteiger partial charge on any atom is -0.328 e. The van der Waals surface area contributed by atoms with Crippen LogP contribution >= 0.6 is 11.6 Å². The number of aromatic nitrogens is 2. The molecule has 0 spiro atoms. The molecule has 2 heterocycles. The molecule has 0 aliphatic carbocycles. The number of nitrogens with two attached hydrogens (primary N) is 1. The Morgan fingerprint density at radius 3 is 2.73 bits per heavy atom. The van der Waals surface area contributed by atoms with Gasteiger partial charge in [-0.2, -0.15) is 0 Å². The molecule has 0 atom stereocenters. The molecule has 0 bridgehead atoms. The minimum atomic E-state index is 0.381. The molecule has 84 valence electrons. The summed E-state index contributed by atoms with van der Waals surface area (Å²) < 4.78 is 1.93. The lowest BCUT2D eigenvalue weighted by molar-refractivity contribution is 0.199. The van der Waals surface area contributed by atoms with Crippen LogP contribution in [0.15, 0.2) is 6.20 Å². The third-order valence-electron chi connectivity index (χ3n) is 3.02. The molecule has 15 heavy (non-hydrogen) atoms. The zero-order chi connectivity index (χ0) is 10.8. The Kier molecular flexibility index (Phi) is 3.29. The highest BCUT2D eigenvalue weighted by Gasteiger charge is 2.17. The number of nitrogens with zero attached hydrogens (tertiary/aromatic N) is 3. The van der Waals surface area contributed by atoms with E-state index in [2.05, 4.69) is 9.88 Å². The van der Waals surface area contributed by atoms with Gasteiger partial charge < -0.3 is 10.3 Å². The van der Waals surface area contributed by atoms with Gasteiger partial charge in [0.1, 0.15) is 11.0 Å². The molecule has 0 radical (unpaired) electrons. The van der Waals surface area contributed by atoms with Crippen LogP contribution in [0.5, 0.6) is 0 Å². The predicted octanol–water partition coefficient (Wildman–Crippen LogP) is 0.997. The Hall–Kier alpha value is -0.580. The number of piperidine rings is 1. The molecule has 0 aromatic carbocycles. The monoisotopic (exact) mass is 228 g/mol. The molecule has 1 aromatic rings. The first-order valence-corrected chi connectivity index (χ1v) is 5.68. The molecule has 5 heteroatoms. The van der Waals surface area contributed by atoms with Crippen molar-refractivity contribution in [2.45, 2.75) is 25.4 Å². The third-order valence-corrected chi connectivity index (χ3v) is 3.38.